The molecule has 2 aromatic rings. The van der Waals surface area contributed by atoms with E-state index in [0.29, 0.717) is 36.0 Å². The van der Waals surface area contributed by atoms with Crippen molar-refractivity contribution in [2.24, 2.45) is 0 Å². The van der Waals surface area contributed by atoms with Crippen molar-refractivity contribution in [1.29, 1.82) is 5.26 Å². The number of fused-ring (bicyclic) bond motifs is 1. The molecule has 7 nitrogen and oxygen atoms in total. The largest absolute Gasteiger partial charge is 0.486 e. The van der Waals surface area contributed by atoms with Crippen molar-refractivity contribution in [1.82, 2.24) is 0 Å². The number of carbonyl (C=O) groups is 2. The Morgan fingerprint density at radius 3 is 2.50 bits per heavy atom. The fourth-order valence-corrected chi connectivity index (χ4v) is 2.33. The van der Waals surface area contributed by atoms with Crippen molar-refractivity contribution in [2.45, 2.75) is 13.0 Å². The zero-order chi connectivity index (χ0) is 18.5. The summed E-state index contributed by atoms with van der Waals surface area (Å²) in [5.41, 5.74) is 1.22. The zero-order valence-electron chi connectivity index (χ0n) is 14.0. The van der Waals surface area contributed by atoms with Crippen LogP contribution in [0.4, 0.5) is 5.69 Å². The molecule has 26 heavy (non-hydrogen) atoms. The number of anilines is 1. The van der Waals surface area contributed by atoms with E-state index in [1.807, 2.05) is 6.07 Å². The smallest absolute Gasteiger partial charge is 0.338 e. The van der Waals surface area contributed by atoms with Gasteiger partial charge in [-0.1, -0.05) is 0 Å². The molecule has 1 aliphatic heterocycles. The Kier molecular flexibility index (Phi) is 5.04. The van der Waals surface area contributed by atoms with Gasteiger partial charge in [0, 0.05) is 11.8 Å². The summed E-state index contributed by atoms with van der Waals surface area (Å²) in [7, 11) is 0. The molecule has 1 N–H and O–H groups in total. The molecule has 0 saturated carbocycles. The van der Waals surface area contributed by atoms with Gasteiger partial charge in [-0.3, -0.25) is 4.79 Å². The number of hydrogen-bond acceptors (Lipinski definition) is 6. The highest BCUT2D eigenvalue weighted by molar-refractivity contribution is 5.97. The summed E-state index contributed by atoms with van der Waals surface area (Å²) in [5, 5.41) is 11.4. The normalized spacial score (nSPS) is 13.2. The van der Waals surface area contributed by atoms with Crippen LogP contribution in [0, 0.1) is 11.3 Å². The number of hydrogen-bond donors (Lipinski definition) is 1. The Morgan fingerprint density at radius 2 is 1.81 bits per heavy atom. The van der Waals surface area contributed by atoms with Gasteiger partial charge in [0.05, 0.1) is 17.2 Å². The van der Waals surface area contributed by atoms with Crippen molar-refractivity contribution in [3.05, 3.63) is 53.6 Å². The summed E-state index contributed by atoms with van der Waals surface area (Å²) >= 11 is 0. The first-order chi connectivity index (χ1) is 12.6. The van der Waals surface area contributed by atoms with Crippen LogP contribution in [0.2, 0.25) is 0 Å². The summed E-state index contributed by atoms with van der Waals surface area (Å²) in [6.45, 7) is 2.42. The minimum atomic E-state index is -0.994. The molecule has 0 aliphatic carbocycles. The first kappa shape index (κ1) is 17.3. The second-order valence-electron chi connectivity index (χ2n) is 5.58. The molecule has 3 rings (SSSR count). The van der Waals surface area contributed by atoms with Crippen LogP contribution in [0.3, 0.4) is 0 Å². The summed E-state index contributed by atoms with van der Waals surface area (Å²) in [5.74, 6) is 0.0637. The SMILES string of the molecule is C[C@@H](OC(=O)c1ccc(C#N)cc1)C(=O)Nc1ccc2c(c1)OCCO2. The van der Waals surface area contributed by atoms with Gasteiger partial charge in [0.25, 0.3) is 5.91 Å². The summed E-state index contributed by atoms with van der Waals surface area (Å²) in [6, 6.07) is 13.0. The van der Waals surface area contributed by atoms with Gasteiger partial charge >= 0.3 is 5.97 Å². The predicted octanol–water partition coefficient (Wildman–Crippen LogP) is 2.51. The third kappa shape index (κ3) is 3.92. The maximum Gasteiger partial charge on any atom is 0.338 e. The number of nitrogens with one attached hydrogen (secondary N) is 1. The lowest BCUT2D eigenvalue weighted by Gasteiger charge is -2.19. The Bertz CT molecular complexity index is 870. The minimum Gasteiger partial charge on any atom is -0.486 e. The van der Waals surface area contributed by atoms with E-state index in [9.17, 15) is 9.59 Å². The van der Waals surface area contributed by atoms with E-state index < -0.39 is 18.0 Å². The number of carbonyl (C=O) groups excluding carboxylic acids is 2. The van der Waals surface area contributed by atoms with E-state index in [1.54, 1.807) is 18.2 Å². The monoisotopic (exact) mass is 352 g/mol. The first-order valence-electron chi connectivity index (χ1n) is 7.98. The lowest BCUT2D eigenvalue weighted by Crippen LogP contribution is -2.30. The molecule has 0 radical (unpaired) electrons. The van der Waals surface area contributed by atoms with Crippen LogP contribution in [0.5, 0.6) is 11.5 Å². The lowest BCUT2D eigenvalue weighted by molar-refractivity contribution is -0.123. The fourth-order valence-electron chi connectivity index (χ4n) is 2.33. The minimum absolute atomic E-state index is 0.267. The molecule has 0 spiro atoms. The number of ether oxygens (including phenoxy) is 3. The molecule has 7 heteroatoms. The van der Waals surface area contributed by atoms with Crippen molar-refractivity contribution < 1.29 is 23.8 Å². The van der Waals surface area contributed by atoms with Gasteiger partial charge in [-0.15, -0.1) is 0 Å². The van der Waals surface area contributed by atoms with Crippen molar-refractivity contribution in [3.8, 4) is 17.6 Å². The maximum atomic E-state index is 12.2. The van der Waals surface area contributed by atoms with E-state index in [4.69, 9.17) is 19.5 Å². The molecule has 1 amide bonds. The summed E-state index contributed by atoms with van der Waals surface area (Å²) < 4.78 is 16.1. The highest BCUT2D eigenvalue weighted by atomic mass is 16.6. The van der Waals surface area contributed by atoms with E-state index in [1.165, 1.54) is 31.2 Å². The highest BCUT2D eigenvalue weighted by Crippen LogP contribution is 2.32. The topological polar surface area (TPSA) is 97.7 Å². The van der Waals surface area contributed by atoms with Gasteiger partial charge in [0.1, 0.15) is 13.2 Å². The number of esters is 1. The van der Waals surface area contributed by atoms with E-state index >= 15 is 0 Å². The van der Waals surface area contributed by atoms with Gasteiger partial charge in [0.15, 0.2) is 17.6 Å². The van der Waals surface area contributed by atoms with Crippen molar-refractivity contribution >= 4 is 17.6 Å². The van der Waals surface area contributed by atoms with Gasteiger partial charge in [0.2, 0.25) is 0 Å². The van der Waals surface area contributed by atoms with Gasteiger partial charge in [-0.05, 0) is 43.3 Å². The average molecular weight is 352 g/mol. The Hall–Kier alpha value is -3.53. The first-order valence-corrected chi connectivity index (χ1v) is 7.98. The number of nitrogens with zero attached hydrogens (tertiary/aromatic N) is 1. The number of nitriles is 1. The molecule has 0 bridgehead atoms. The molecule has 0 fully saturated rings. The lowest BCUT2D eigenvalue weighted by atomic mass is 10.1. The highest BCUT2D eigenvalue weighted by Gasteiger charge is 2.20. The molecule has 1 atom stereocenters. The van der Waals surface area contributed by atoms with Crippen molar-refractivity contribution in [2.75, 3.05) is 18.5 Å². The molecule has 1 aliphatic rings. The molecular formula is C19H16N2O5. The third-order valence-corrected chi connectivity index (χ3v) is 3.71. The van der Waals surface area contributed by atoms with Gasteiger partial charge < -0.3 is 19.5 Å². The van der Waals surface area contributed by atoms with Crippen LogP contribution in [-0.4, -0.2) is 31.2 Å². The van der Waals surface area contributed by atoms with Crippen molar-refractivity contribution in [3.63, 3.8) is 0 Å². The Labute approximate surface area is 150 Å². The maximum absolute atomic E-state index is 12.2. The molecule has 0 saturated heterocycles. The molecule has 132 valence electrons. The van der Waals surface area contributed by atoms with E-state index in [2.05, 4.69) is 5.32 Å². The number of rotatable bonds is 4. The molecule has 0 unspecified atom stereocenters. The van der Waals surface area contributed by atoms with E-state index in [0.717, 1.165) is 0 Å². The van der Waals surface area contributed by atoms with Crippen LogP contribution in [0.25, 0.3) is 0 Å². The van der Waals surface area contributed by atoms with Crippen LogP contribution >= 0.6 is 0 Å². The average Bonchev–Trinajstić information content (AvgIpc) is 2.67. The summed E-state index contributed by atoms with van der Waals surface area (Å²) in [6.07, 6.45) is -0.994. The Balaban J connectivity index is 1.60. The standard InChI is InChI=1S/C19H16N2O5/c1-12(26-19(23)14-4-2-13(11-20)3-5-14)18(22)21-15-6-7-16-17(10-15)25-9-8-24-16/h2-7,10,12H,8-9H2,1H3,(H,21,22)/t12-/m1/s1. The number of benzene rings is 2. The summed E-state index contributed by atoms with van der Waals surface area (Å²) in [4.78, 5) is 24.3. The van der Waals surface area contributed by atoms with Crippen LogP contribution in [-0.2, 0) is 9.53 Å². The third-order valence-electron chi connectivity index (χ3n) is 3.71. The fraction of sp³-hybridized carbons (Fsp3) is 0.211. The Morgan fingerprint density at radius 1 is 1.12 bits per heavy atom. The number of amides is 1. The van der Waals surface area contributed by atoms with E-state index in [-0.39, 0.29) is 5.56 Å². The molecule has 1 heterocycles. The van der Waals surface area contributed by atoms with Gasteiger partial charge in [-0.25, -0.2) is 4.79 Å². The molecular weight excluding hydrogens is 336 g/mol. The second-order valence-corrected chi connectivity index (χ2v) is 5.58. The molecule has 0 aromatic heterocycles. The van der Waals surface area contributed by atoms with Crippen LogP contribution < -0.4 is 14.8 Å². The van der Waals surface area contributed by atoms with Crippen LogP contribution in [0.1, 0.15) is 22.8 Å². The quantitative estimate of drug-likeness (QED) is 0.849. The second kappa shape index (κ2) is 7.57. The molecule has 2 aromatic carbocycles. The zero-order valence-corrected chi connectivity index (χ0v) is 14.0. The predicted molar refractivity (Wildman–Crippen MR) is 92.1 cm³/mol. The van der Waals surface area contributed by atoms with Gasteiger partial charge in [-0.2, -0.15) is 5.26 Å². The van der Waals surface area contributed by atoms with Crippen LogP contribution in [0.15, 0.2) is 42.5 Å².